The van der Waals surface area contributed by atoms with Gasteiger partial charge < -0.3 is 159 Å². The molecule has 0 radical (unpaired) electrons. The van der Waals surface area contributed by atoms with E-state index >= 15 is 0 Å². The fourth-order valence-electron chi connectivity index (χ4n) is 14.0. The van der Waals surface area contributed by atoms with E-state index in [-0.39, 0.29) is 5.60 Å². The molecule has 0 bridgehead atoms. The molecule has 32 heteroatoms. The molecule has 7 heterocycles. The van der Waals surface area contributed by atoms with E-state index in [0.717, 1.165) is 48.1 Å². The number of ether oxygens (including phenoxy) is 13. The summed E-state index contributed by atoms with van der Waals surface area (Å²) in [6.07, 6.45) is -36.0. The second-order valence-electron chi connectivity index (χ2n) is 27.3. The van der Waals surface area contributed by atoms with Crippen LogP contribution >= 0.6 is 0 Å². The monoisotopic (exact) mass is 1400 g/mol. The fourth-order valence-corrected chi connectivity index (χ4v) is 14.0. The lowest BCUT2D eigenvalue weighted by molar-refractivity contribution is -0.395. The van der Waals surface area contributed by atoms with Gasteiger partial charge in [0, 0.05) is 5.56 Å². The van der Waals surface area contributed by atoms with Gasteiger partial charge in [-0.15, -0.1) is 0 Å². The van der Waals surface area contributed by atoms with Gasteiger partial charge in [-0.25, -0.2) is 0 Å². The zero-order valence-electron chi connectivity index (χ0n) is 55.9. The number of hydrogen-bond acceptors (Lipinski definition) is 32. The van der Waals surface area contributed by atoms with Crippen LogP contribution < -0.4 is 9.47 Å². The maximum absolute atomic E-state index is 11.6. The molecule has 7 aliphatic rings. The van der Waals surface area contributed by atoms with Crippen molar-refractivity contribution in [3.8, 4) is 11.5 Å². The summed E-state index contributed by atoms with van der Waals surface area (Å²) >= 11 is 0. The SMILES string of the molecule is CCCCCCCCCCCCCCCCC1(C)CCc2c(C)c(O[C@@H]3OC(CO)[C@H](O[C@@H]4OC(CO)[C@H](O[C@@H]5OC(CO)[C@H](O[C@@H]6OC(CO)[C@H](O[C@@H]7OC(CO)[C@H](O[C@@H]8OC(CO)C(O)[C@H](O)C8O)[C@H](O)C7O)[C@H](O)C6O)[C@H](O)C5O)[C@H](O)C4O)[C@H](O)C3O)c(C)c(C)c2O1. The van der Waals surface area contributed by atoms with E-state index in [1.165, 1.54) is 77.0 Å². The predicted octanol–water partition coefficient (Wildman–Crippen LogP) is -4.13. The molecule has 0 aromatic heterocycles. The predicted molar refractivity (Wildman–Crippen MR) is 330 cm³/mol. The fraction of sp³-hybridized carbons (Fsp3) is 0.908. The number of unbranched alkanes of at least 4 members (excludes halogenated alkanes) is 13. The first-order chi connectivity index (χ1) is 46.3. The highest BCUT2D eigenvalue weighted by Gasteiger charge is 2.58. The Balaban J connectivity index is 0.818. The Morgan fingerprint density at radius 2 is 0.629 bits per heavy atom. The molecule has 0 aliphatic carbocycles. The highest BCUT2D eigenvalue weighted by molar-refractivity contribution is 5.59. The number of rotatable bonds is 33. The molecule has 562 valence electrons. The van der Waals surface area contributed by atoms with Gasteiger partial charge in [-0.05, 0) is 70.1 Å². The normalized spacial score (nSPS) is 42.7. The largest absolute Gasteiger partial charge is 0.487 e. The van der Waals surface area contributed by atoms with Crippen LogP contribution in [0.4, 0.5) is 0 Å². The molecule has 31 atom stereocenters. The Kier molecular flexibility index (Phi) is 30.5. The van der Waals surface area contributed by atoms with Crippen molar-refractivity contribution in [1.29, 1.82) is 0 Å². The number of hydrogen-bond donors (Lipinski definition) is 19. The molecular formula is C65H110O32. The van der Waals surface area contributed by atoms with Crippen molar-refractivity contribution >= 4 is 0 Å². The molecule has 6 saturated heterocycles. The van der Waals surface area contributed by atoms with Crippen molar-refractivity contribution in [1.82, 2.24) is 0 Å². The van der Waals surface area contributed by atoms with Gasteiger partial charge in [-0.1, -0.05) is 90.4 Å². The lowest BCUT2D eigenvalue weighted by Crippen LogP contribution is -2.68. The molecule has 1 aromatic rings. The zero-order chi connectivity index (χ0) is 70.7. The highest BCUT2D eigenvalue weighted by atomic mass is 16.8. The third-order valence-corrected chi connectivity index (χ3v) is 20.3. The Bertz CT molecular complexity index is 2500. The van der Waals surface area contributed by atoms with Gasteiger partial charge in [-0.3, -0.25) is 0 Å². The summed E-state index contributed by atoms with van der Waals surface area (Å²) in [7, 11) is 0. The quantitative estimate of drug-likeness (QED) is 0.0297. The standard InChI is InChI=1S/C65H110O32/c1-6-7-8-9-10-11-12-13-14-15-16-17-18-19-21-65(5)22-20-32-31(4)52(29(2)30(3)53(32)97-65)91-60-47(80)41(74)55(34(24-67)86-60)93-62-49(82)43(76)57(36(26-69)88-62)95-64-51(84)45(78)58(38(28-71)90-64)96-63-50(83)44(77)56(37(27-70)89-63)94-61-48(81)42(75)54(35(25-68)87-61)92-59-46(79)40(73)39(72)33(23-66)85-59/h33-51,54-64,66-84H,6-28H2,1-5H3/t33?,34?,35?,36?,37?,38?,39?,40-,41+,42+,43+,44+,45+,46?,47?,48?,49?,50?,51?,54-,55-,56-,57-,58-,59-,60-,61-,62-,63-,64-,65?/m0/s1. The molecule has 19 N–H and O–H groups in total. The van der Waals surface area contributed by atoms with Crippen molar-refractivity contribution in [3.63, 3.8) is 0 Å². The van der Waals surface area contributed by atoms with Crippen LogP contribution in [0.3, 0.4) is 0 Å². The van der Waals surface area contributed by atoms with Crippen molar-refractivity contribution in [2.45, 2.75) is 334 Å². The molecule has 7 aliphatic heterocycles. The molecule has 32 nitrogen and oxygen atoms in total. The van der Waals surface area contributed by atoms with Crippen LogP contribution in [0.1, 0.15) is 139 Å². The van der Waals surface area contributed by atoms with Gasteiger partial charge in [-0.2, -0.15) is 0 Å². The minimum Gasteiger partial charge on any atom is -0.487 e. The van der Waals surface area contributed by atoms with Gasteiger partial charge in [0.15, 0.2) is 31.5 Å². The van der Waals surface area contributed by atoms with E-state index < -0.39 is 224 Å². The number of benzene rings is 1. The summed E-state index contributed by atoms with van der Waals surface area (Å²) < 4.78 is 76.2. The molecular weight excluding hydrogens is 1290 g/mol. The van der Waals surface area contributed by atoms with Crippen molar-refractivity contribution in [3.05, 3.63) is 22.3 Å². The maximum Gasteiger partial charge on any atom is 0.229 e. The summed E-state index contributed by atoms with van der Waals surface area (Å²) in [6, 6.07) is 0. The first-order valence-corrected chi connectivity index (χ1v) is 34.5. The number of aliphatic hydroxyl groups excluding tert-OH is 19. The van der Waals surface area contributed by atoms with Crippen LogP contribution in [0, 0.1) is 20.8 Å². The number of aliphatic hydroxyl groups is 19. The summed E-state index contributed by atoms with van der Waals surface area (Å²) in [5.41, 5.74) is 2.87. The molecule has 0 saturated carbocycles. The minimum absolute atomic E-state index is 0.360. The Labute approximate surface area is 563 Å². The van der Waals surface area contributed by atoms with E-state index in [4.69, 9.17) is 61.6 Å². The average Bonchev–Trinajstić information content (AvgIpc) is 0.751. The Hall–Kier alpha value is -2.38. The third kappa shape index (κ3) is 18.6. The highest BCUT2D eigenvalue weighted by Crippen LogP contribution is 2.46. The Morgan fingerprint density at radius 1 is 0.340 bits per heavy atom. The molecule has 14 unspecified atom stereocenters. The Morgan fingerprint density at radius 3 is 0.959 bits per heavy atom. The lowest BCUT2D eigenvalue weighted by atomic mass is 9.84. The van der Waals surface area contributed by atoms with Crippen LogP contribution in [-0.2, 0) is 58.5 Å². The van der Waals surface area contributed by atoms with Crippen LogP contribution in [0.15, 0.2) is 0 Å². The summed E-state index contributed by atoms with van der Waals surface area (Å²) in [5, 5.41) is 207. The second kappa shape index (κ2) is 36.9. The molecule has 8 rings (SSSR count). The maximum atomic E-state index is 11.6. The molecule has 0 amide bonds. The van der Waals surface area contributed by atoms with E-state index in [1.807, 2.05) is 20.8 Å². The van der Waals surface area contributed by atoms with E-state index in [0.29, 0.717) is 17.7 Å². The molecule has 6 fully saturated rings. The second-order valence-corrected chi connectivity index (χ2v) is 27.3. The van der Waals surface area contributed by atoms with Gasteiger partial charge in [0.1, 0.15) is 164 Å². The van der Waals surface area contributed by atoms with Gasteiger partial charge in [0.2, 0.25) is 6.29 Å². The van der Waals surface area contributed by atoms with Crippen LogP contribution in [0.5, 0.6) is 11.5 Å². The third-order valence-electron chi connectivity index (χ3n) is 20.3. The van der Waals surface area contributed by atoms with Crippen molar-refractivity contribution < 1.29 is 159 Å². The van der Waals surface area contributed by atoms with Crippen LogP contribution in [0.2, 0.25) is 0 Å². The van der Waals surface area contributed by atoms with E-state index in [9.17, 15) is 97.0 Å². The van der Waals surface area contributed by atoms with Crippen molar-refractivity contribution in [2.24, 2.45) is 0 Å². The number of fused-ring (bicyclic) bond motifs is 1. The average molecular weight is 1400 g/mol. The van der Waals surface area contributed by atoms with Gasteiger partial charge in [0.25, 0.3) is 0 Å². The first-order valence-electron chi connectivity index (χ1n) is 34.5. The summed E-state index contributed by atoms with van der Waals surface area (Å²) in [5.74, 6) is 1.17. The molecule has 1 aromatic carbocycles. The minimum atomic E-state index is -2.19. The topological polar surface area (TPSA) is 504 Å². The molecule has 0 spiro atoms. The van der Waals surface area contributed by atoms with Gasteiger partial charge >= 0.3 is 0 Å². The molecule has 97 heavy (non-hydrogen) atoms. The van der Waals surface area contributed by atoms with Crippen molar-refractivity contribution in [2.75, 3.05) is 39.6 Å². The summed E-state index contributed by atoms with van der Waals surface area (Å²) in [6.45, 7) is 4.42. The first kappa shape index (κ1) is 80.3. The zero-order valence-corrected chi connectivity index (χ0v) is 55.9. The van der Waals surface area contributed by atoms with Crippen LogP contribution in [0.25, 0.3) is 0 Å². The smallest absolute Gasteiger partial charge is 0.229 e. The van der Waals surface area contributed by atoms with E-state index in [2.05, 4.69) is 13.8 Å². The van der Waals surface area contributed by atoms with E-state index in [1.54, 1.807) is 0 Å². The van der Waals surface area contributed by atoms with Crippen LogP contribution in [-0.4, -0.2) is 327 Å². The summed E-state index contributed by atoms with van der Waals surface area (Å²) in [4.78, 5) is 0. The lowest BCUT2D eigenvalue weighted by Gasteiger charge is -2.50. The van der Waals surface area contributed by atoms with Gasteiger partial charge in [0.05, 0.1) is 39.6 Å².